The van der Waals surface area contributed by atoms with Gasteiger partial charge in [0, 0.05) is 11.6 Å². The van der Waals surface area contributed by atoms with Crippen LogP contribution in [-0.4, -0.2) is 24.0 Å². The van der Waals surface area contributed by atoms with Gasteiger partial charge in [-0.05, 0) is 36.4 Å². The minimum atomic E-state index is -1.50. The Balaban J connectivity index is 2.23. The lowest BCUT2D eigenvalue weighted by Gasteiger charge is -2.11. The zero-order valence-electron chi connectivity index (χ0n) is 12.3. The van der Waals surface area contributed by atoms with Crippen molar-refractivity contribution < 1.29 is 28.9 Å². The van der Waals surface area contributed by atoms with Crippen LogP contribution in [-0.2, 0) is 4.79 Å². The van der Waals surface area contributed by atoms with Crippen molar-refractivity contribution in [2.75, 3.05) is 7.11 Å². The summed E-state index contributed by atoms with van der Waals surface area (Å²) in [7, 11) is 1.53. The first kappa shape index (κ1) is 16.1. The fourth-order valence-electron chi connectivity index (χ4n) is 1.81. The van der Waals surface area contributed by atoms with E-state index in [1.54, 1.807) is 18.2 Å². The van der Waals surface area contributed by atoms with Crippen molar-refractivity contribution >= 4 is 11.8 Å². The molecule has 2 aromatic carbocycles. The van der Waals surface area contributed by atoms with Crippen LogP contribution in [0.15, 0.2) is 55.3 Å². The largest absolute Gasteiger partial charge is 0.497 e. The third-order valence-electron chi connectivity index (χ3n) is 2.90. The third-order valence-corrected chi connectivity index (χ3v) is 2.90. The van der Waals surface area contributed by atoms with Crippen molar-refractivity contribution in [3.63, 3.8) is 0 Å². The third kappa shape index (κ3) is 3.88. The predicted molar refractivity (Wildman–Crippen MR) is 82.3 cm³/mol. The van der Waals surface area contributed by atoms with Crippen LogP contribution in [0, 0.1) is 0 Å². The Hall–Kier alpha value is -3.28. The lowest BCUT2D eigenvalue weighted by molar-refractivity contribution is -0.131. The highest BCUT2D eigenvalue weighted by atomic mass is 16.5. The van der Waals surface area contributed by atoms with Crippen molar-refractivity contribution in [2.45, 2.75) is 0 Å². The van der Waals surface area contributed by atoms with Crippen LogP contribution in [0.25, 0.3) is 0 Å². The molecule has 0 heterocycles. The first-order valence-electron chi connectivity index (χ1n) is 6.56. The van der Waals surface area contributed by atoms with E-state index in [2.05, 4.69) is 6.58 Å². The van der Waals surface area contributed by atoms with Gasteiger partial charge in [0.1, 0.15) is 11.5 Å². The van der Waals surface area contributed by atoms with E-state index < -0.39 is 11.8 Å². The van der Waals surface area contributed by atoms with Gasteiger partial charge in [0.25, 0.3) is 5.78 Å². The summed E-state index contributed by atoms with van der Waals surface area (Å²) in [5.41, 5.74) is 0.0714. The number of carbonyl (C=O) groups excluding carboxylic acids is 1. The van der Waals surface area contributed by atoms with Gasteiger partial charge in [0.2, 0.25) is 0 Å². The SMILES string of the molecule is C=COc1cc(OC)ccc1Oc1ccc(C(=O)C(=O)O)cc1. The number of ether oxygens (including phenoxy) is 3. The molecular formula is C17H14O6. The summed E-state index contributed by atoms with van der Waals surface area (Å²) in [6, 6.07) is 10.8. The first-order chi connectivity index (χ1) is 11.0. The molecule has 0 aliphatic heterocycles. The molecule has 0 bridgehead atoms. The van der Waals surface area contributed by atoms with Gasteiger partial charge in [0.15, 0.2) is 11.5 Å². The number of hydrogen-bond acceptors (Lipinski definition) is 5. The van der Waals surface area contributed by atoms with Gasteiger partial charge in [-0.2, -0.15) is 0 Å². The molecule has 0 spiro atoms. The maximum Gasteiger partial charge on any atom is 0.377 e. The molecule has 0 saturated carbocycles. The number of carboxylic acid groups (broad SMARTS) is 1. The monoisotopic (exact) mass is 314 g/mol. The van der Waals surface area contributed by atoms with Crippen LogP contribution in [0.1, 0.15) is 10.4 Å². The van der Waals surface area contributed by atoms with E-state index in [1.807, 2.05) is 0 Å². The predicted octanol–water partition coefficient (Wildman–Crippen LogP) is 3.28. The van der Waals surface area contributed by atoms with Crippen LogP contribution in [0.2, 0.25) is 0 Å². The summed E-state index contributed by atoms with van der Waals surface area (Å²) in [4.78, 5) is 22.0. The van der Waals surface area contributed by atoms with Gasteiger partial charge >= 0.3 is 5.97 Å². The molecule has 6 heteroatoms. The Bertz CT molecular complexity index is 733. The second kappa shape index (κ2) is 7.13. The average Bonchev–Trinajstić information content (AvgIpc) is 2.56. The lowest BCUT2D eigenvalue weighted by Crippen LogP contribution is -2.12. The number of rotatable bonds is 7. The number of Topliss-reactive ketones (excluding diaryl/α,β-unsaturated/α-hetero) is 1. The van der Waals surface area contributed by atoms with E-state index in [1.165, 1.54) is 37.6 Å². The molecule has 0 saturated heterocycles. The molecule has 0 amide bonds. The molecule has 0 fully saturated rings. The number of hydrogen-bond donors (Lipinski definition) is 1. The van der Waals surface area contributed by atoms with E-state index in [-0.39, 0.29) is 5.56 Å². The van der Waals surface area contributed by atoms with Gasteiger partial charge < -0.3 is 19.3 Å². The molecule has 0 radical (unpaired) electrons. The number of carboxylic acids is 1. The molecule has 0 aliphatic rings. The van der Waals surface area contributed by atoms with Gasteiger partial charge in [-0.3, -0.25) is 4.79 Å². The molecular weight excluding hydrogens is 300 g/mol. The van der Waals surface area contributed by atoms with E-state index in [0.717, 1.165) is 0 Å². The molecule has 23 heavy (non-hydrogen) atoms. The highest BCUT2D eigenvalue weighted by Crippen LogP contribution is 2.35. The Morgan fingerprint density at radius 1 is 1.04 bits per heavy atom. The summed E-state index contributed by atoms with van der Waals surface area (Å²) in [5, 5.41) is 8.67. The normalized spacial score (nSPS) is 9.78. The van der Waals surface area contributed by atoms with Gasteiger partial charge in [-0.25, -0.2) is 4.79 Å². The molecule has 6 nitrogen and oxygen atoms in total. The summed E-state index contributed by atoms with van der Waals surface area (Å²) in [5.74, 6) is -0.636. The zero-order chi connectivity index (χ0) is 16.8. The Morgan fingerprint density at radius 3 is 2.26 bits per heavy atom. The topological polar surface area (TPSA) is 82.1 Å². The van der Waals surface area contributed by atoms with Crippen LogP contribution in [0.5, 0.6) is 23.0 Å². The van der Waals surface area contributed by atoms with E-state index >= 15 is 0 Å². The minimum absolute atomic E-state index is 0.0714. The molecule has 2 rings (SSSR count). The fraction of sp³-hybridized carbons (Fsp3) is 0.0588. The average molecular weight is 314 g/mol. The lowest BCUT2D eigenvalue weighted by atomic mass is 10.1. The number of benzene rings is 2. The standard InChI is InChI=1S/C17H14O6/c1-3-22-15-10-13(21-2)8-9-14(15)23-12-6-4-11(5-7-12)16(18)17(19)20/h3-10H,1H2,2H3,(H,19,20). The minimum Gasteiger partial charge on any atom is -0.497 e. The summed E-state index contributed by atoms with van der Waals surface area (Å²) >= 11 is 0. The highest BCUT2D eigenvalue weighted by molar-refractivity contribution is 6.39. The van der Waals surface area contributed by atoms with Crippen molar-refractivity contribution in [2.24, 2.45) is 0 Å². The fourth-order valence-corrected chi connectivity index (χ4v) is 1.81. The van der Waals surface area contributed by atoms with Crippen LogP contribution in [0.3, 0.4) is 0 Å². The van der Waals surface area contributed by atoms with Gasteiger partial charge in [-0.15, -0.1) is 0 Å². The van der Waals surface area contributed by atoms with E-state index in [4.69, 9.17) is 19.3 Å². The van der Waals surface area contributed by atoms with E-state index in [9.17, 15) is 9.59 Å². The van der Waals surface area contributed by atoms with Crippen molar-refractivity contribution in [1.29, 1.82) is 0 Å². The second-order valence-electron chi connectivity index (χ2n) is 4.36. The quantitative estimate of drug-likeness (QED) is 0.480. The van der Waals surface area contributed by atoms with Gasteiger partial charge in [-0.1, -0.05) is 6.58 Å². The van der Waals surface area contributed by atoms with Crippen LogP contribution < -0.4 is 14.2 Å². The van der Waals surface area contributed by atoms with Crippen molar-refractivity contribution in [3.8, 4) is 23.0 Å². The van der Waals surface area contributed by atoms with Crippen LogP contribution in [0.4, 0.5) is 0 Å². The first-order valence-corrected chi connectivity index (χ1v) is 6.56. The number of methoxy groups -OCH3 is 1. The maximum atomic E-state index is 11.3. The summed E-state index contributed by atoms with van der Waals surface area (Å²) in [6.45, 7) is 3.50. The number of aliphatic carboxylic acids is 1. The van der Waals surface area contributed by atoms with E-state index in [0.29, 0.717) is 23.0 Å². The highest BCUT2D eigenvalue weighted by Gasteiger charge is 2.14. The maximum absolute atomic E-state index is 11.3. The smallest absolute Gasteiger partial charge is 0.377 e. The molecule has 0 aliphatic carbocycles. The second-order valence-corrected chi connectivity index (χ2v) is 4.36. The van der Waals surface area contributed by atoms with Crippen LogP contribution >= 0.6 is 0 Å². The van der Waals surface area contributed by atoms with Gasteiger partial charge in [0.05, 0.1) is 13.4 Å². The number of carbonyl (C=O) groups is 2. The Kier molecular flexibility index (Phi) is 4.99. The molecule has 0 unspecified atom stereocenters. The summed E-state index contributed by atoms with van der Waals surface area (Å²) < 4.78 is 16.0. The van der Waals surface area contributed by atoms with Crippen molar-refractivity contribution in [3.05, 3.63) is 60.9 Å². The molecule has 118 valence electrons. The Morgan fingerprint density at radius 2 is 1.70 bits per heavy atom. The number of ketones is 1. The molecule has 2 aromatic rings. The summed E-state index contributed by atoms with van der Waals surface area (Å²) in [6.07, 6.45) is 1.26. The zero-order valence-corrected chi connectivity index (χ0v) is 12.3. The van der Waals surface area contributed by atoms with Crippen molar-refractivity contribution in [1.82, 2.24) is 0 Å². The molecule has 0 atom stereocenters. The molecule has 0 aromatic heterocycles. The molecule has 1 N–H and O–H groups in total. The Labute approximate surface area is 132 Å².